The maximum atomic E-state index is 11.7. The number of hydrogen-bond acceptors (Lipinski definition) is 10. The predicted octanol–water partition coefficient (Wildman–Crippen LogP) is -2.33. The first-order valence-electron chi connectivity index (χ1n) is 6.50. The Morgan fingerprint density at radius 2 is 1.92 bits per heavy atom. The predicted molar refractivity (Wildman–Crippen MR) is 77.7 cm³/mol. The monoisotopic (exact) mass is 403 g/mol. The third-order valence-electron chi connectivity index (χ3n) is 3.07. The number of anilines is 1. The molecular formula is C9H15N3O11P2. The minimum atomic E-state index is -5.30. The molecule has 7 N–H and O–H groups in total. The van der Waals surface area contributed by atoms with Crippen LogP contribution in [0.15, 0.2) is 17.1 Å². The molecule has 0 radical (unpaired) electrons. The SMILES string of the molecule is Nc1ccn([C@@H]2OC(COP(=O)(O)OP(=O)(O)O)[C@@H](O)C2O)c(=O)n1. The van der Waals surface area contributed by atoms with Gasteiger partial charge in [0.25, 0.3) is 0 Å². The molecule has 14 nitrogen and oxygen atoms in total. The second-order valence-corrected chi connectivity index (χ2v) is 7.75. The number of phosphoric ester groups is 1. The van der Waals surface area contributed by atoms with Crippen LogP contribution >= 0.6 is 15.6 Å². The van der Waals surface area contributed by atoms with Crippen molar-refractivity contribution in [3.05, 3.63) is 22.7 Å². The third-order valence-corrected chi connectivity index (χ3v) is 5.23. The number of nitrogens with two attached hydrogens (primary N) is 1. The summed E-state index contributed by atoms with van der Waals surface area (Å²) in [6, 6.07) is 1.24. The van der Waals surface area contributed by atoms with E-state index in [1.807, 2.05) is 0 Å². The summed E-state index contributed by atoms with van der Waals surface area (Å²) in [5, 5.41) is 19.8. The Bertz CT molecular complexity index is 778. The second kappa shape index (κ2) is 7.21. The van der Waals surface area contributed by atoms with Gasteiger partial charge in [-0.15, -0.1) is 0 Å². The molecule has 3 unspecified atom stereocenters. The molecule has 0 bridgehead atoms. The zero-order chi connectivity index (χ0) is 19.0. The van der Waals surface area contributed by atoms with Gasteiger partial charge in [0.1, 0.15) is 24.1 Å². The molecule has 16 heteroatoms. The topological polar surface area (TPSA) is 224 Å². The molecule has 1 aromatic rings. The van der Waals surface area contributed by atoms with Gasteiger partial charge in [0.05, 0.1) is 6.61 Å². The number of aliphatic hydroxyl groups excluding tert-OH is 2. The fraction of sp³-hybridized carbons (Fsp3) is 0.556. The molecule has 0 amide bonds. The molecule has 1 fully saturated rings. The lowest BCUT2D eigenvalue weighted by Crippen LogP contribution is -2.36. The van der Waals surface area contributed by atoms with Crippen LogP contribution in [0.1, 0.15) is 6.23 Å². The van der Waals surface area contributed by atoms with Gasteiger partial charge in [-0.3, -0.25) is 9.09 Å². The number of ether oxygens (including phenoxy) is 1. The first-order valence-corrected chi connectivity index (χ1v) is 9.53. The van der Waals surface area contributed by atoms with Crippen molar-refractivity contribution >= 4 is 21.5 Å². The van der Waals surface area contributed by atoms with E-state index in [2.05, 4.69) is 13.8 Å². The van der Waals surface area contributed by atoms with Crippen molar-refractivity contribution in [2.24, 2.45) is 0 Å². The highest BCUT2D eigenvalue weighted by Crippen LogP contribution is 2.57. The summed E-state index contributed by atoms with van der Waals surface area (Å²) in [4.78, 5) is 41.3. The van der Waals surface area contributed by atoms with Crippen LogP contribution < -0.4 is 11.4 Å². The average Bonchev–Trinajstić information content (AvgIpc) is 2.71. The normalized spacial score (nSPS) is 29.5. The quantitative estimate of drug-likeness (QED) is 0.274. The largest absolute Gasteiger partial charge is 0.481 e. The Labute approximate surface area is 139 Å². The third kappa shape index (κ3) is 5.15. The van der Waals surface area contributed by atoms with Gasteiger partial charge in [-0.1, -0.05) is 0 Å². The fourth-order valence-electron chi connectivity index (χ4n) is 2.04. The summed E-state index contributed by atoms with van der Waals surface area (Å²) >= 11 is 0. The van der Waals surface area contributed by atoms with Crippen molar-refractivity contribution in [2.45, 2.75) is 24.5 Å². The lowest BCUT2D eigenvalue weighted by atomic mass is 10.1. The van der Waals surface area contributed by atoms with Gasteiger partial charge < -0.3 is 35.4 Å². The molecule has 25 heavy (non-hydrogen) atoms. The van der Waals surface area contributed by atoms with E-state index in [0.717, 1.165) is 10.8 Å². The van der Waals surface area contributed by atoms with E-state index >= 15 is 0 Å². The smallest absolute Gasteiger partial charge is 0.387 e. The van der Waals surface area contributed by atoms with Gasteiger partial charge in [-0.05, 0) is 6.07 Å². The number of hydrogen-bond donors (Lipinski definition) is 6. The summed E-state index contributed by atoms with van der Waals surface area (Å²) in [5.41, 5.74) is 4.45. The zero-order valence-electron chi connectivity index (χ0n) is 12.2. The van der Waals surface area contributed by atoms with Crippen molar-refractivity contribution in [1.82, 2.24) is 9.55 Å². The molecule has 1 aliphatic rings. The van der Waals surface area contributed by atoms with Crippen LogP contribution in [0.25, 0.3) is 0 Å². The van der Waals surface area contributed by atoms with Crippen LogP contribution in [0.5, 0.6) is 0 Å². The fourth-order valence-corrected chi connectivity index (χ4v) is 3.64. The van der Waals surface area contributed by atoms with Gasteiger partial charge in [-0.25, -0.2) is 13.9 Å². The highest BCUT2D eigenvalue weighted by Gasteiger charge is 2.45. The number of phosphoric acid groups is 2. The molecule has 0 aromatic carbocycles. The molecule has 2 heterocycles. The molecule has 0 saturated carbocycles. The summed E-state index contributed by atoms with van der Waals surface area (Å²) in [6.45, 7) is -0.875. The molecule has 1 saturated heterocycles. The van der Waals surface area contributed by atoms with Crippen molar-refractivity contribution in [2.75, 3.05) is 12.3 Å². The summed E-state index contributed by atoms with van der Waals surface area (Å²) in [6.07, 6.45) is -4.93. The first kappa shape index (κ1) is 20.1. The van der Waals surface area contributed by atoms with Gasteiger partial charge in [0.15, 0.2) is 6.23 Å². The maximum absolute atomic E-state index is 11.7. The van der Waals surface area contributed by atoms with Crippen LogP contribution in [0.4, 0.5) is 5.82 Å². The van der Waals surface area contributed by atoms with Gasteiger partial charge in [-0.2, -0.15) is 9.29 Å². The molecule has 5 atom stereocenters. The Hall–Kier alpha value is -1.18. The molecule has 2 rings (SSSR count). The summed E-state index contributed by atoms with van der Waals surface area (Å²) in [7, 11) is -10.5. The van der Waals surface area contributed by atoms with Gasteiger partial charge >= 0.3 is 21.3 Å². The Morgan fingerprint density at radius 3 is 2.48 bits per heavy atom. The maximum Gasteiger partial charge on any atom is 0.481 e. The lowest BCUT2D eigenvalue weighted by molar-refractivity contribution is -0.0541. The van der Waals surface area contributed by atoms with E-state index in [0.29, 0.717) is 0 Å². The Kier molecular flexibility index (Phi) is 5.81. The molecule has 1 aromatic heterocycles. The second-order valence-electron chi connectivity index (χ2n) is 4.93. The van der Waals surface area contributed by atoms with E-state index in [1.165, 1.54) is 6.07 Å². The van der Waals surface area contributed by atoms with Crippen LogP contribution in [0.3, 0.4) is 0 Å². The zero-order valence-corrected chi connectivity index (χ0v) is 14.0. The molecule has 142 valence electrons. The van der Waals surface area contributed by atoms with E-state index in [4.69, 9.17) is 25.2 Å². The van der Waals surface area contributed by atoms with Crippen molar-refractivity contribution in [3.8, 4) is 0 Å². The Balaban J connectivity index is 2.08. The van der Waals surface area contributed by atoms with E-state index in [-0.39, 0.29) is 5.82 Å². The van der Waals surface area contributed by atoms with Crippen molar-refractivity contribution in [1.29, 1.82) is 0 Å². The summed E-state index contributed by atoms with van der Waals surface area (Å²) < 4.78 is 35.8. The van der Waals surface area contributed by atoms with E-state index < -0.39 is 52.5 Å². The standard InChI is InChI=1S/C9H15N3O11P2/c10-5-1-2-12(9(15)11-5)8-7(14)6(13)4(22-8)3-21-25(19,20)23-24(16,17)18/h1-2,4,6-8,13-14H,3H2,(H,19,20)(H2,10,11,15)(H2,16,17,18)/t4?,6-,7?,8-/m1/s1. The first-order chi connectivity index (χ1) is 11.4. The van der Waals surface area contributed by atoms with Crippen molar-refractivity contribution in [3.63, 3.8) is 0 Å². The van der Waals surface area contributed by atoms with Crippen LogP contribution in [-0.2, 0) is 22.7 Å². The number of aromatic nitrogens is 2. The molecular weight excluding hydrogens is 388 g/mol. The van der Waals surface area contributed by atoms with Crippen LogP contribution in [0.2, 0.25) is 0 Å². The number of rotatable bonds is 6. The molecule has 0 spiro atoms. The Morgan fingerprint density at radius 1 is 1.28 bits per heavy atom. The highest BCUT2D eigenvalue weighted by atomic mass is 31.3. The van der Waals surface area contributed by atoms with Crippen molar-refractivity contribution < 1.29 is 47.6 Å². The minimum absolute atomic E-state index is 0.0787. The van der Waals surface area contributed by atoms with E-state index in [9.17, 15) is 24.1 Å². The van der Waals surface area contributed by atoms with E-state index in [1.54, 1.807) is 0 Å². The molecule has 0 aliphatic carbocycles. The lowest BCUT2D eigenvalue weighted by Gasteiger charge is -2.17. The average molecular weight is 403 g/mol. The van der Waals surface area contributed by atoms with Gasteiger partial charge in [0.2, 0.25) is 0 Å². The number of nitrogens with zero attached hydrogens (tertiary/aromatic N) is 2. The van der Waals surface area contributed by atoms with Crippen LogP contribution in [-0.4, -0.2) is 59.4 Å². The highest BCUT2D eigenvalue weighted by molar-refractivity contribution is 7.60. The van der Waals surface area contributed by atoms with Crippen LogP contribution in [0, 0.1) is 0 Å². The number of nitrogen functional groups attached to an aromatic ring is 1. The minimum Gasteiger partial charge on any atom is -0.387 e. The summed E-state index contributed by atoms with van der Waals surface area (Å²) in [5.74, 6) is -0.0787. The molecule has 1 aliphatic heterocycles. The van der Waals surface area contributed by atoms with Gasteiger partial charge in [0, 0.05) is 6.20 Å². The number of aliphatic hydroxyl groups is 2.